The largest absolute Gasteiger partial charge is 0.379 e. The van der Waals surface area contributed by atoms with Crippen LogP contribution in [-0.2, 0) is 9.53 Å². The van der Waals surface area contributed by atoms with Crippen molar-refractivity contribution in [2.45, 2.75) is 0 Å². The molecular formula is C12H17FN2O2S. The number of hydrogen-bond donors (Lipinski definition) is 2. The minimum absolute atomic E-state index is 0.106. The molecule has 4 nitrogen and oxygen atoms in total. The molecule has 0 aliphatic heterocycles. The van der Waals surface area contributed by atoms with Crippen molar-refractivity contribution >= 4 is 23.4 Å². The van der Waals surface area contributed by atoms with Crippen molar-refractivity contribution < 1.29 is 13.9 Å². The number of carbonyl (C=O) groups excluding carboxylic acids is 1. The molecular weight excluding hydrogens is 255 g/mol. The second-order valence-electron chi connectivity index (χ2n) is 3.51. The van der Waals surface area contributed by atoms with E-state index in [1.54, 1.807) is 0 Å². The van der Waals surface area contributed by atoms with Gasteiger partial charge in [0.2, 0.25) is 5.91 Å². The molecule has 3 N–H and O–H groups in total. The van der Waals surface area contributed by atoms with Crippen LogP contribution in [-0.4, -0.2) is 37.2 Å². The average molecular weight is 272 g/mol. The van der Waals surface area contributed by atoms with Crippen LogP contribution >= 0.6 is 11.8 Å². The molecule has 1 rings (SSSR count). The maximum absolute atomic E-state index is 12.6. The first-order chi connectivity index (χ1) is 8.72. The van der Waals surface area contributed by atoms with Crippen molar-refractivity contribution in [2.24, 2.45) is 5.73 Å². The van der Waals surface area contributed by atoms with Gasteiger partial charge < -0.3 is 15.8 Å². The number of rotatable bonds is 8. The Balaban J connectivity index is 2.12. The van der Waals surface area contributed by atoms with Crippen molar-refractivity contribution in [3.8, 4) is 0 Å². The SMILES string of the molecule is NCCOCCSCC(=O)Nc1ccc(F)cc1. The minimum atomic E-state index is -0.320. The predicted molar refractivity (Wildman–Crippen MR) is 72.2 cm³/mol. The molecule has 0 fully saturated rings. The molecule has 1 aromatic carbocycles. The summed E-state index contributed by atoms with van der Waals surface area (Å²) in [6, 6.07) is 5.68. The lowest BCUT2D eigenvalue weighted by Gasteiger charge is -2.05. The molecule has 0 aliphatic rings. The second-order valence-corrected chi connectivity index (χ2v) is 4.61. The van der Waals surface area contributed by atoms with Crippen molar-refractivity contribution in [2.75, 3.05) is 36.6 Å². The van der Waals surface area contributed by atoms with Gasteiger partial charge in [-0.15, -0.1) is 11.8 Å². The summed E-state index contributed by atoms with van der Waals surface area (Å²) in [5.74, 6) is 0.671. The number of nitrogens with one attached hydrogen (secondary N) is 1. The molecule has 0 heterocycles. The van der Waals surface area contributed by atoms with E-state index < -0.39 is 0 Å². The molecule has 0 aromatic heterocycles. The number of nitrogens with two attached hydrogens (primary N) is 1. The van der Waals surface area contributed by atoms with Crippen molar-refractivity contribution in [3.05, 3.63) is 30.1 Å². The van der Waals surface area contributed by atoms with E-state index in [0.29, 0.717) is 31.2 Å². The summed E-state index contributed by atoms with van der Waals surface area (Å²) in [4.78, 5) is 11.5. The summed E-state index contributed by atoms with van der Waals surface area (Å²) >= 11 is 1.48. The van der Waals surface area contributed by atoms with Gasteiger partial charge in [0.1, 0.15) is 5.82 Å². The first-order valence-corrected chi connectivity index (χ1v) is 6.79. The molecule has 6 heteroatoms. The average Bonchev–Trinajstić information content (AvgIpc) is 2.36. The van der Waals surface area contributed by atoms with E-state index in [1.165, 1.54) is 36.0 Å². The van der Waals surface area contributed by atoms with Crippen LogP contribution in [0.4, 0.5) is 10.1 Å². The van der Waals surface area contributed by atoms with Crippen LogP contribution in [0.2, 0.25) is 0 Å². The Hall–Kier alpha value is -1.11. The molecule has 0 atom stereocenters. The number of halogens is 1. The highest BCUT2D eigenvalue weighted by Crippen LogP contribution is 2.09. The number of hydrogen-bond acceptors (Lipinski definition) is 4. The van der Waals surface area contributed by atoms with Crippen LogP contribution < -0.4 is 11.1 Å². The standard InChI is InChI=1S/C12H17FN2O2S/c13-10-1-3-11(4-2-10)15-12(16)9-18-8-7-17-6-5-14/h1-4H,5-9,14H2,(H,15,16). The predicted octanol–water partition coefficient (Wildman–Crippen LogP) is 1.47. The van der Waals surface area contributed by atoms with E-state index in [-0.39, 0.29) is 11.7 Å². The second kappa shape index (κ2) is 8.91. The van der Waals surface area contributed by atoms with E-state index >= 15 is 0 Å². The van der Waals surface area contributed by atoms with Crippen LogP contribution in [0.1, 0.15) is 0 Å². The maximum Gasteiger partial charge on any atom is 0.234 e. The van der Waals surface area contributed by atoms with Gasteiger partial charge >= 0.3 is 0 Å². The zero-order valence-electron chi connectivity index (χ0n) is 10.0. The molecule has 18 heavy (non-hydrogen) atoms. The zero-order valence-corrected chi connectivity index (χ0v) is 10.8. The van der Waals surface area contributed by atoms with Gasteiger partial charge in [-0.05, 0) is 24.3 Å². The van der Waals surface area contributed by atoms with Gasteiger partial charge in [-0.2, -0.15) is 0 Å². The first kappa shape index (κ1) is 14.9. The highest BCUT2D eigenvalue weighted by atomic mass is 32.2. The lowest BCUT2D eigenvalue weighted by atomic mass is 10.3. The number of anilines is 1. The molecule has 100 valence electrons. The molecule has 1 aromatic rings. The Labute approximate surface area is 110 Å². The fourth-order valence-corrected chi connectivity index (χ4v) is 1.84. The Morgan fingerprint density at radius 1 is 1.33 bits per heavy atom. The summed E-state index contributed by atoms with van der Waals surface area (Å²) < 4.78 is 17.8. The quantitative estimate of drug-likeness (QED) is 0.703. The number of benzene rings is 1. The normalized spacial score (nSPS) is 10.3. The Morgan fingerprint density at radius 2 is 2.06 bits per heavy atom. The van der Waals surface area contributed by atoms with Crippen molar-refractivity contribution in [3.63, 3.8) is 0 Å². The van der Waals surface area contributed by atoms with E-state index in [2.05, 4.69) is 5.32 Å². The smallest absolute Gasteiger partial charge is 0.234 e. The van der Waals surface area contributed by atoms with Crippen LogP contribution in [0.3, 0.4) is 0 Å². The summed E-state index contributed by atoms with van der Waals surface area (Å²) in [5, 5.41) is 2.68. The Morgan fingerprint density at radius 3 is 2.72 bits per heavy atom. The molecule has 0 spiro atoms. The van der Waals surface area contributed by atoms with Crippen LogP contribution in [0.25, 0.3) is 0 Å². The van der Waals surface area contributed by atoms with Crippen LogP contribution in [0, 0.1) is 5.82 Å². The van der Waals surface area contributed by atoms with Gasteiger partial charge in [0.25, 0.3) is 0 Å². The number of amides is 1. The van der Waals surface area contributed by atoms with E-state index in [4.69, 9.17) is 10.5 Å². The summed E-state index contributed by atoms with van der Waals surface area (Å²) in [6.45, 7) is 1.64. The molecule has 0 bridgehead atoms. The summed E-state index contributed by atoms with van der Waals surface area (Å²) in [6.07, 6.45) is 0. The molecule has 0 radical (unpaired) electrons. The van der Waals surface area contributed by atoms with Crippen LogP contribution in [0.5, 0.6) is 0 Å². The van der Waals surface area contributed by atoms with Crippen molar-refractivity contribution in [1.82, 2.24) is 0 Å². The topological polar surface area (TPSA) is 64.3 Å². The van der Waals surface area contributed by atoms with Gasteiger partial charge in [-0.25, -0.2) is 4.39 Å². The van der Waals surface area contributed by atoms with E-state index in [9.17, 15) is 9.18 Å². The number of thioether (sulfide) groups is 1. The highest BCUT2D eigenvalue weighted by Gasteiger charge is 2.02. The van der Waals surface area contributed by atoms with Crippen LogP contribution in [0.15, 0.2) is 24.3 Å². The third-order valence-electron chi connectivity index (χ3n) is 2.00. The molecule has 0 unspecified atom stereocenters. The summed E-state index contributed by atoms with van der Waals surface area (Å²) in [7, 11) is 0. The molecule has 0 saturated heterocycles. The third kappa shape index (κ3) is 6.58. The van der Waals surface area contributed by atoms with Gasteiger partial charge in [-0.3, -0.25) is 4.79 Å². The van der Waals surface area contributed by atoms with Gasteiger partial charge in [-0.1, -0.05) is 0 Å². The maximum atomic E-state index is 12.6. The number of ether oxygens (including phenoxy) is 1. The number of carbonyl (C=O) groups is 1. The highest BCUT2D eigenvalue weighted by molar-refractivity contribution is 7.99. The minimum Gasteiger partial charge on any atom is -0.379 e. The Bertz CT molecular complexity index is 360. The van der Waals surface area contributed by atoms with Gasteiger partial charge in [0.15, 0.2) is 0 Å². The fraction of sp³-hybridized carbons (Fsp3) is 0.417. The summed E-state index contributed by atoms with van der Waals surface area (Å²) in [5.41, 5.74) is 5.86. The Kier molecular flexibility index (Phi) is 7.40. The van der Waals surface area contributed by atoms with Crippen molar-refractivity contribution in [1.29, 1.82) is 0 Å². The lowest BCUT2D eigenvalue weighted by molar-refractivity contribution is -0.113. The molecule has 0 saturated carbocycles. The molecule has 0 aliphatic carbocycles. The lowest BCUT2D eigenvalue weighted by Crippen LogP contribution is -2.15. The molecule has 1 amide bonds. The first-order valence-electron chi connectivity index (χ1n) is 5.63. The fourth-order valence-electron chi connectivity index (χ4n) is 1.20. The monoisotopic (exact) mass is 272 g/mol. The third-order valence-corrected chi connectivity index (χ3v) is 2.92. The van der Waals surface area contributed by atoms with E-state index in [0.717, 1.165) is 5.75 Å². The van der Waals surface area contributed by atoms with Gasteiger partial charge in [0.05, 0.1) is 19.0 Å². The zero-order chi connectivity index (χ0) is 13.2. The van der Waals surface area contributed by atoms with Gasteiger partial charge in [0, 0.05) is 18.0 Å². The van der Waals surface area contributed by atoms with E-state index in [1.807, 2.05) is 0 Å².